The fourth-order valence-corrected chi connectivity index (χ4v) is 2.22. The van der Waals surface area contributed by atoms with Crippen LogP contribution >= 0.6 is 0 Å². The second-order valence-electron chi connectivity index (χ2n) is 4.68. The molecule has 1 heterocycles. The molecule has 1 aliphatic rings. The summed E-state index contributed by atoms with van der Waals surface area (Å²) in [7, 11) is 0. The number of carbonyl (C=O) groups excluding carboxylic acids is 1. The molecule has 0 radical (unpaired) electrons. The predicted molar refractivity (Wildman–Crippen MR) is 71.8 cm³/mol. The molecular formula is C16H12F2O3. The van der Waals surface area contributed by atoms with Crippen molar-refractivity contribution in [2.75, 3.05) is 13.2 Å². The first kappa shape index (κ1) is 13.5. The fraction of sp³-hybridized carbons (Fsp3) is 0.188. The summed E-state index contributed by atoms with van der Waals surface area (Å²) in [6.07, 6.45) is -0.0307. The van der Waals surface area contributed by atoms with Gasteiger partial charge in [0.2, 0.25) is 0 Å². The maximum atomic E-state index is 13.2. The van der Waals surface area contributed by atoms with Gasteiger partial charge in [-0.15, -0.1) is 0 Å². The van der Waals surface area contributed by atoms with E-state index in [0.717, 1.165) is 12.1 Å². The fourth-order valence-electron chi connectivity index (χ4n) is 2.22. The van der Waals surface area contributed by atoms with Crippen LogP contribution in [0.2, 0.25) is 0 Å². The molecule has 0 bridgehead atoms. The molecule has 0 amide bonds. The van der Waals surface area contributed by atoms with Gasteiger partial charge < -0.3 is 9.47 Å². The quantitative estimate of drug-likeness (QED) is 0.815. The smallest absolute Gasteiger partial charge is 0.172 e. The number of fused-ring (bicyclic) bond motifs is 1. The Morgan fingerprint density at radius 1 is 1.05 bits per heavy atom. The number of hydrogen-bond donors (Lipinski definition) is 0. The third kappa shape index (κ3) is 2.72. The first-order valence-corrected chi connectivity index (χ1v) is 6.51. The monoisotopic (exact) mass is 290 g/mol. The number of rotatable bonds is 3. The second-order valence-corrected chi connectivity index (χ2v) is 4.68. The molecule has 0 saturated carbocycles. The summed E-state index contributed by atoms with van der Waals surface area (Å²) in [4.78, 5) is 12.3. The summed E-state index contributed by atoms with van der Waals surface area (Å²) in [5.41, 5.74) is 0.796. The second kappa shape index (κ2) is 5.52. The summed E-state index contributed by atoms with van der Waals surface area (Å²) in [6.45, 7) is 0.816. The van der Waals surface area contributed by atoms with Crippen molar-refractivity contribution in [1.29, 1.82) is 0 Å². The molecule has 21 heavy (non-hydrogen) atoms. The van der Waals surface area contributed by atoms with Crippen LogP contribution in [0.15, 0.2) is 36.4 Å². The van der Waals surface area contributed by atoms with E-state index in [4.69, 9.17) is 9.47 Å². The van der Waals surface area contributed by atoms with Crippen molar-refractivity contribution in [2.24, 2.45) is 0 Å². The van der Waals surface area contributed by atoms with E-state index in [-0.39, 0.29) is 12.2 Å². The molecule has 0 fully saturated rings. The van der Waals surface area contributed by atoms with Crippen molar-refractivity contribution >= 4 is 5.78 Å². The Kier molecular flexibility index (Phi) is 3.56. The summed E-state index contributed by atoms with van der Waals surface area (Å²) in [6, 6.07) is 8.49. The van der Waals surface area contributed by atoms with E-state index in [1.54, 1.807) is 18.2 Å². The highest BCUT2D eigenvalue weighted by atomic mass is 19.2. The van der Waals surface area contributed by atoms with E-state index in [1.807, 2.05) is 0 Å². The van der Waals surface area contributed by atoms with Crippen molar-refractivity contribution in [3.05, 3.63) is 59.2 Å². The number of halogens is 2. The Labute approximate surface area is 120 Å². The lowest BCUT2D eigenvalue weighted by Crippen LogP contribution is -2.18. The Morgan fingerprint density at radius 2 is 1.86 bits per heavy atom. The minimum Gasteiger partial charge on any atom is -0.486 e. The van der Waals surface area contributed by atoms with Gasteiger partial charge in [0.25, 0.3) is 0 Å². The van der Waals surface area contributed by atoms with Crippen LogP contribution in [0.4, 0.5) is 8.78 Å². The van der Waals surface area contributed by atoms with E-state index in [0.29, 0.717) is 35.8 Å². The van der Waals surface area contributed by atoms with E-state index >= 15 is 0 Å². The molecule has 1 aliphatic heterocycles. The summed E-state index contributed by atoms with van der Waals surface area (Å²) in [5.74, 6) is -1.19. The number of benzene rings is 2. The maximum Gasteiger partial charge on any atom is 0.172 e. The maximum absolute atomic E-state index is 13.2. The van der Waals surface area contributed by atoms with Crippen LogP contribution in [0, 0.1) is 11.6 Å². The minimum absolute atomic E-state index is 0.0307. The molecule has 0 saturated heterocycles. The van der Waals surface area contributed by atoms with Crippen molar-refractivity contribution in [1.82, 2.24) is 0 Å². The van der Waals surface area contributed by atoms with Gasteiger partial charge in [0, 0.05) is 6.42 Å². The zero-order valence-corrected chi connectivity index (χ0v) is 11.1. The van der Waals surface area contributed by atoms with Crippen molar-refractivity contribution in [3.63, 3.8) is 0 Å². The van der Waals surface area contributed by atoms with Gasteiger partial charge in [0.05, 0.1) is 5.56 Å². The van der Waals surface area contributed by atoms with Gasteiger partial charge in [-0.3, -0.25) is 4.79 Å². The molecule has 2 aromatic carbocycles. The predicted octanol–water partition coefficient (Wildman–Crippen LogP) is 3.16. The van der Waals surface area contributed by atoms with Crippen LogP contribution in [-0.4, -0.2) is 19.0 Å². The highest BCUT2D eigenvalue weighted by Crippen LogP contribution is 2.34. The van der Waals surface area contributed by atoms with E-state index in [9.17, 15) is 13.6 Å². The molecule has 5 heteroatoms. The molecule has 0 N–H and O–H groups in total. The van der Waals surface area contributed by atoms with Crippen LogP contribution in [0.1, 0.15) is 15.9 Å². The van der Waals surface area contributed by atoms with Gasteiger partial charge in [0.1, 0.15) is 13.2 Å². The Balaban J connectivity index is 1.87. The molecule has 2 aromatic rings. The number of para-hydroxylation sites is 1. The van der Waals surface area contributed by atoms with Gasteiger partial charge in [0.15, 0.2) is 28.9 Å². The largest absolute Gasteiger partial charge is 0.486 e. The first-order valence-electron chi connectivity index (χ1n) is 6.51. The van der Waals surface area contributed by atoms with Crippen LogP contribution in [-0.2, 0) is 6.42 Å². The van der Waals surface area contributed by atoms with E-state index in [1.165, 1.54) is 6.07 Å². The zero-order chi connectivity index (χ0) is 14.8. The van der Waals surface area contributed by atoms with Gasteiger partial charge >= 0.3 is 0 Å². The molecule has 3 nitrogen and oxygen atoms in total. The zero-order valence-electron chi connectivity index (χ0n) is 11.1. The molecule has 0 atom stereocenters. The minimum atomic E-state index is -0.963. The molecule has 0 unspecified atom stereocenters. The highest BCUT2D eigenvalue weighted by molar-refractivity contribution is 6.00. The van der Waals surface area contributed by atoms with Crippen LogP contribution in [0.25, 0.3) is 0 Å². The Hall–Kier alpha value is -2.43. The molecular weight excluding hydrogens is 278 g/mol. The third-order valence-corrected chi connectivity index (χ3v) is 3.22. The highest BCUT2D eigenvalue weighted by Gasteiger charge is 2.20. The topological polar surface area (TPSA) is 35.5 Å². The van der Waals surface area contributed by atoms with Gasteiger partial charge in [-0.1, -0.05) is 12.1 Å². The van der Waals surface area contributed by atoms with Crippen molar-refractivity contribution in [2.45, 2.75) is 6.42 Å². The Morgan fingerprint density at radius 3 is 2.67 bits per heavy atom. The van der Waals surface area contributed by atoms with E-state index < -0.39 is 11.6 Å². The van der Waals surface area contributed by atoms with Crippen LogP contribution in [0.5, 0.6) is 11.5 Å². The van der Waals surface area contributed by atoms with Crippen LogP contribution in [0.3, 0.4) is 0 Å². The van der Waals surface area contributed by atoms with Gasteiger partial charge in [-0.2, -0.15) is 0 Å². The number of ketones is 1. The molecule has 3 rings (SSSR count). The lowest BCUT2D eigenvalue weighted by atomic mass is 10.0. The van der Waals surface area contributed by atoms with Gasteiger partial charge in [-0.05, 0) is 29.8 Å². The summed E-state index contributed by atoms with van der Waals surface area (Å²) >= 11 is 0. The standard InChI is InChI=1S/C16H12F2O3/c17-12-5-4-10(8-13(12)18)9-14(19)11-2-1-3-15-16(11)21-7-6-20-15/h1-5,8H,6-7,9H2. The lowest BCUT2D eigenvalue weighted by molar-refractivity contribution is 0.0981. The molecule has 0 spiro atoms. The first-order chi connectivity index (χ1) is 10.1. The van der Waals surface area contributed by atoms with Crippen molar-refractivity contribution in [3.8, 4) is 11.5 Å². The van der Waals surface area contributed by atoms with E-state index in [2.05, 4.69) is 0 Å². The summed E-state index contributed by atoms with van der Waals surface area (Å²) < 4.78 is 37.0. The average molecular weight is 290 g/mol. The molecule has 0 aromatic heterocycles. The lowest BCUT2D eigenvalue weighted by Gasteiger charge is -2.20. The number of ether oxygens (including phenoxy) is 2. The molecule has 108 valence electrons. The van der Waals surface area contributed by atoms with Gasteiger partial charge in [-0.25, -0.2) is 8.78 Å². The normalized spacial score (nSPS) is 13.0. The van der Waals surface area contributed by atoms with Crippen molar-refractivity contribution < 1.29 is 23.0 Å². The SMILES string of the molecule is O=C(Cc1ccc(F)c(F)c1)c1cccc2c1OCCO2. The number of hydrogen-bond acceptors (Lipinski definition) is 3. The number of carbonyl (C=O) groups is 1. The average Bonchev–Trinajstić information content (AvgIpc) is 2.50. The summed E-state index contributed by atoms with van der Waals surface area (Å²) in [5, 5.41) is 0. The Bertz CT molecular complexity index is 698. The number of Topliss-reactive ketones (excluding diaryl/α,β-unsaturated/α-hetero) is 1. The molecule has 0 aliphatic carbocycles. The third-order valence-electron chi connectivity index (χ3n) is 3.22. The van der Waals surface area contributed by atoms with Crippen LogP contribution < -0.4 is 9.47 Å².